The van der Waals surface area contributed by atoms with Crippen LogP contribution in [-0.4, -0.2) is 39.6 Å². The van der Waals surface area contributed by atoms with Crippen molar-refractivity contribution in [2.45, 2.75) is 4.90 Å². The molecule has 126 valence electrons. The van der Waals surface area contributed by atoms with Crippen LogP contribution < -0.4 is 9.04 Å². The summed E-state index contributed by atoms with van der Waals surface area (Å²) in [6.45, 7) is 0.150. The molecule has 0 radical (unpaired) electrons. The normalized spacial score (nSPS) is 13.8. The van der Waals surface area contributed by atoms with Crippen LogP contribution in [0.25, 0.3) is 0 Å². The smallest absolute Gasteiger partial charge is 0.339 e. The molecular weight excluding hydrogens is 339 g/mol. The molecule has 0 fully saturated rings. The number of pyridine rings is 1. The monoisotopic (exact) mass is 352 g/mol. The number of rotatable bonds is 3. The van der Waals surface area contributed by atoms with E-state index in [0.29, 0.717) is 0 Å². The van der Waals surface area contributed by atoms with E-state index >= 15 is 0 Å². The van der Waals surface area contributed by atoms with E-state index in [0.717, 1.165) is 16.4 Å². The number of esters is 1. The third-order valence-corrected chi connectivity index (χ3v) is 5.28. The Morgan fingerprint density at radius 2 is 2.04 bits per heavy atom. The van der Waals surface area contributed by atoms with Gasteiger partial charge in [-0.1, -0.05) is 0 Å². The highest BCUT2D eigenvalue weighted by molar-refractivity contribution is 7.92. The van der Waals surface area contributed by atoms with E-state index in [1.165, 1.54) is 31.5 Å². The standard InChI is InChI=1S/C15H13FN2O5S/c1-22-15(19)10-8-13-14(17-9-10)23-7-6-18(13)24(20,21)12-4-2-11(16)3-5-12/h2-5,8-9H,6-7H2,1H3. The van der Waals surface area contributed by atoms with Crippen LogP contribution in [0.4, 0.5) is 10.1 Å². The quantitative estimate of drug-likeness (QED) is 0.780. The summed E-state index contributed by atoms with van der Waals surface area (Å²) in [6.07, 6.45) is 1.25. The van der Waals surface area contributed by atoms with Gasteiger partial charge in [0.25, 0.3) is 10.0 Å². The lowest BCUT2D eigenvalue weighted by atomic mass is 10.2. The molecule has 1 aromatic heterocycles. The lowest BCUT2D eigenvalue weighted by Gasteiger charge is -2.29. The first-order valence-corrected chi connectivity index (χ1v) is 8.37. The molecule has 3 rings (SSSR count). The van der Waals surface area contributed by atoms with E-state index in [9.17, 15) is 17.6 Å². The Bertz CT molecular complexity index is 883. The maximum atomic E-state index is 13.0. The number of benzene rings is 1. The van der Waals surface area contributed by atoms with Gasteiger partial charge in [0.2, 0.25) is 5.88 Å². The number of hydrogen-bond donors (Lipinski definition) is 0. The second-order valence-electron chi connectivity index (χ2n) is 4.92. The Morgan fingerprint density at radius 1 is 1.33 bits per heavy atom. The topological polar surface area (TPSA) is 85.8 Å². The fraction of sp³-hybridized carbons (Fsp3) is 0.200. The summed E-state index contributed by atoms with van der Waals surface area (Å²) in [6, 6.07) is 5.83. The molecule has 2 heterocycles. The molecule has 0 spiro atoms. The van der Waals surface area contributed by atoms with Crippen LogP contribution in [0.15, 0.2) is 41.4 Å². The van der Waals surface area contributed by atoms with Crippen molar-refractivity contribution in [3.63, 3.8) is 0 Å². The summed E-state index contributed by atoms with van der Waals surface area (Å²) >= 11 is 0. The largest absolute Gasteiger partial charge is 0.474 e. The SMILES string of the molecule is COC(=O)c1cnc2c(c1)N(S(=O)(=O)c1ccc(F)cc1)CCO2. The first kappa shape index (κ1) is 16.2. The van der Waals surface area contributed by atoms with E-state index < -0.39 is 21.8 Å². The Morgan fingerprint density at radius 3 is 2.71 bits per heavy atom. The minimum absolute atomic E-state index is 0.0407. The van der Waals surface area contributed by atoms with Crippen LogP contribution in [0.2, 0.25) is 0 Å². The van der Waals surface area contributed by atoms with E-state index in [1.807, 2.05) is 0 Å². The number of carbonyl (C=O) groups is 1. The van der Waals surface area contributed by atoms with Crippen LogP contribution in [-0.2, 0) is 14.8 Å². The van der Waals surface area contributed by atoms with Gasteiger partial charge in [0.1, 0.15) is 18.1 Å². The number of hydrogen-bond acceptors (Lipinski definition) is 6. The minimum Gasteiger partial charge on any atom is -0.474 e. The van der Waals surface area contributed by atoms with Crippen LogP contribution in [0.1, 0.15) is 10.4 Å². The third kappa shape index (κ3) is 2.78. The number of fused-ring (bicyclic) bond motifs is 1. The molecule has 0 N–H and O–H groups in total. The molecule has 0 bridgehead atoms. The van der Waals surface area contributed by atoms with Gasteiger partial charge in [-0.3, -0.25) is 4.31 Å². The molecule has 0 saturated heterocycles. The average Bonchev–Trinajstić information content (AvgIpc) is 2.60. The molecule has 2 aromatic rings. The van der Waals surface area contributed by atoms with Gasteiger partial charge in [-0.15, -0.1) is 0 Å². The van der Waals surface area contributed by atoms with Crippen molar-refractivity contribution in [2.24, 2.45) is 0 Å². The summed E-state index contributed by atoms with van der Waals surface area (Å²) < 4.78 is 49.7. The highest BCUT2D eigenvalue weighted by atomic mass is 32.2. The lowest BCUT2D eigenvalue weighted by Crippen LogP contribution is -2.38. The second-order valence-corrected chi connectivity index (χ2v) is 6.78. The molecule has 1 aliphatic rings. The van der Waals surface area contributed by atoms with Gasteiger partial charge >= 0.3 is 5.97 Å². The third-order valence-electron chi connectivity index (χ3n) is 3.46. The Labute approximate surface area is 137 Å². The molecule has 7 nitrogen and oxygen atoms in total. The number of methoxy groups -OCH3 is 1. The fourth-order valence-corrected chi connectivity index (χ4v) is 3.73. The number of halogens is 1. The molecule has 0 unspecified atom stereocenters. The number of anilines is 1. The lowest BCUT2D eigenvalue weighted by molar-refractivity contribution is 0.0600. The minimum atomic E-state index is -3.95. The Kier molecular flexibility index (Phi) is 4.10. The molecule has 9 heteroatoms. The molecule has 0 aliphatic carbocycles. The zero-order valence-corrected chi connectivity index (χ0v) is 13.4. The highest BCUT2D eigenvalue weighted by Gasteiger charge is 2.31. The van der Waals surface area contributed by atoms with Gasteiger partial charge < -0.3 is 9.47 Å². The highest BCUT2D eigenvalue weighted by Crippen LogP contribution is 2.34. The number of ether oxygens (including phenoxy) is 2. The van der Waals surface area contributed by atoms with Crippen molar-refractivity contribution in [1.29, 1.82) is 0 Å². The van der Waals surface area contributed by atoms with Gasteiger partial charge in [-0.05, 0) is 30.3 Å². The number of nitrogens with zero attached hydrogens (tertiary/aromatic N) is 2. The van der Waals surface area contributed by atoms with Crippen LogP contribution >= 0.6 is 0 Å². The van der Waals surface area contributed by atoms with Crippen LogP contribution in [0.5, 0.6) is 5.88 Å². The van der Waals surface area contributed by atoms with E-state index in [-0.39, 0.29) is 35.2 Å². The van der Waals surface area contributed by atoms with Gasteiger partial charge in [0.15, 0.2) is 0 Å². The molecule has 0 atom stereocenters. The summed E-state index contributed by atoms with van der Waals surface area (Å²) in [5, 5.41) is 0. The first-order chi connectivity index (χ1) is 11.4. The summed E-state index contributed by atoms with van der Waals surface area (Å²) in [5.74, 6) is -1.08. The van der Waals surface area contributed by atoms with Crippen LogP contribution in [0, 0.1) is 5.82 Å². The molecule has 0 amide bonds. The predicted molar refractivity (Wildman–Crippen MR) is 82.0 cm³/mol. The van der Waals surface area contributed by atoms with E-state index in [1.54, 1.807) is 0 Å². The molecule has 24 heavy (non-hydrogen) atoms. The zero-order chi connectivity index (χ0) is 17.3. The van der Waals surface area contributed by atoms with E-state index in [2.05, 4.69) is 9.72 Å². The van der Waals surface area contributed by atoms with Crippen molar-refractivity contribution >= 4 is 21.7 Å². The molecule has 0 saturated carbocycles. The van der Waals surface area contributed by atoms with Gasteiger partial charge in [-0.2, -0.15) is 0 Å². The summed E-state index contributed by atoms with van der Waals surface area (Å²) in [5.41, 5.74) is 0.231. The van der Waals surface area contributed by atoms with Crippen molar-refractivity contribution in [3.8, 4) is 5.88 Å². The van der Waals surface area contributed by atoms with Gasteiger partial charge in [0, 0.05) is 6.20 Å². The van der Waals surface area contributed by atoms with Crippen LogP contribution in [0.3, 0.4) is 0 Å². The van der Waals surface area contributed by atoms with Crippen molar-refractivity contribution in [2.75, 3.05) is 24.6 Å². The van der Waals surface area contributed by atoms with Crippen molar-refractivity contribution < 1.29 is 27.1 Å². The molecule has 1 aromatic carbocycles. The Hall–Kier alpha value is -2.68. The Balaban J connectivity index is 2.08. The van der Waals surface area contributed by atoms with Crippen molar-refractivity contribution in [1.82, 2.24) is 4.98 Å². The number of carbonyl (C=O) groups excluding carboxylic acids is 1. The number of sulfonamides is 1. The zero-order valence-electron chi connectivity index (χ0n) is 12.6. The number of aromatic nitrogens is 1. The van der Waals surface area contributed by atoms with Gasteiger partial charge in [-0.25, -0.2) is 22.6 Å². The summed E-state index contributed by atoms with van der Waals surface area (Å²) in [7, 11) is -2.73. The maximum absolute atomic E-state index is 13.0. The van der Waals surface area contributed by atoms with E-state index in [4.69, 9.17) is 4.74 Å². The fourth-order valence-electron chi connectivity index (χ4n) is 2.29. The summed E-state index contributed by atoms with van der Waals surface area (Å²) in [4.78, 5) is 15.6. The molecule has 1 aliphatic heterocycles. The average molecular weight is 352 g/mol. The molecular formula is C15H13FN2O5S. The van der Waals surface area contributed by atoms with Gasteiger partial charge in [0.05, 0.1) is 24.1 Å². The first-order valence-electron chi connectivity index (χ1n) is 6.93. The second kappa shape index (κ2) is 6.08. The van der Waals surface area contributed by atoms with Crippen molar-refractivity contribution in [3.05, 3.63) is 47.9 Å². The maximum Gasteiger partial charge on any atom is 0.339 e. The predicted octanol–water partition coefficient (Wildman–Crippen LogP) is 1.59.